The molecule has 0 fully saturated rings. The van der Waals surface area contributed by atoms with Gasteiger partial charge in [0.25, 0.3) is 0 Å². The van der Waals surface area contributed by atoms with Crippen molar-refractivity contribution in [3.8, 4) is 0 Å². The molecule has 0 aromatic heterocycles. The fourth-order valence-corrected chi connectivity index (χ4v) is 4.25. The lowest BCUT2D eigenvalue weighted by Gasteiger charge is -2.34. The summed E-state index contributed by atoms with van der Waals surface area (Å²) in [6, 6.07) is 0. The summed E-state index contributed by atoms with van der Waals surface area (Å²) in [6.45, 7) is 15.0. The molecule has 0 aromatic carbocycles. The molecule has 0 heterocycles. The van der Waals surface area contributed by atoms with E-state index in [1.54, 1.807) is 0 Å². The van der Waals surface area contributed by atoms with Gasteiger partial charge in [0.1, 0.15) is 0 Å². The normalized spacial score (nSPS) is 13.1. The third-order valence-corrected chi connectivity index (χ3v) is 4.79. The molecular weight excluding hydrogens is 234 g/mol. The summed E-state index contributed by atoms with van der Waals surface area (Å²) in [5, 5.41) is 0. The van der Waals surface area contributed by atoms with E-state index in [1.165, 1.54) is 0 Å². The molecular formula is C12H29NO3Si. The van der Waals surface area contributed by atoms with Gasteiger partial charge in [-0.25, -0.2) is 0 Å². The highest BCUT2D eigenvalue weighted by atomic mass is 28.4. The van der Waals surface area contributed by atoms with E-state index in [1.807, 2.05) is 41.5 Å². The van der Waals surface area contributed by atoms with Crippen LogP contribution < -0.4 is 4.98 Å². The molecule has 0 spiro atoms. The van der Waals surface area contributed by atoms with Gasteiger partial charge in [-0.15, -0.1) is 0 Å². The standard InChI is InChI=1S/C12H29NO3Si/c1-8-9-13-17(14-10(2)3,15-11(4)5)16-12(6)7/h10-13H,8-9H2,1-7H3. The lowest BCUT2D eigenvalue weighted by Crippen LogP contribution is -2.62. The van der Waals surface area contributed by atoms with Crippen LogP contribution in [0.2, 0.25) is 0 Å². The Morgan fingerprint density at radius 3 is 1.41 bits per heavy atom. The monoisotopic (exact) mass is 263 g/mol. The maximum Gasteiger partial charge on any atom is 0.597 e. The Hall–Kier alpha value is 0.0569. The van der Waals surface area contributed by atoms with Gasteiger partial charge in [-0.05, 0) is 54.5 Å². The zero-order valence-corrected chi connectivity index (χ0v) is 13.4. The molecule has 0 aliphatic rings. The summed E-state index contributed by atoms with van der Waals surface area (Å²) in [5.41, 5.74) is 0. The van der Waals surface area contributed by atoms with E-state index in [4.69, 9.17) is 13.3 Å². The highest BCUT2D eigenvalue weighted by Crippen LogP contribution is 2.14. The Kier molecular flexibility index (Phi) is 8.24. The Morgan fingerprint density at radius 2 is 1.18 bits per heavy atom. The molecule has 0 amide bonds. The lowest BCUT2D eigenvalue weighted by atomic mass is 10.5. The minimum absolute atomic E-state index is 0.0866. The first kappa shape index (κ1) is 17.1. The van der Waals surface area contributed by atoms with Crippen LogP contribution in [0.15, 0.2) is 0 Å². The summed E-state index contributed by atoms with van der Waals surface area (Å²) >= 11 is 0. The topological polar surface area (TPSA) is 39.7 Å². The molecule has 0 rings (SSSR count). The zero-order valence-electron chi connectivity index (χ0n) is 12.4. The largest absolute Gasteiger partial charge is 0.597 e. The molecule has 0 radical (unpaired) electrons. The SMILES string of the molecule is CCCN[Si](OC(C)C)(OC(C)C)OC(C)C. The average Bonchev–Trinajstić information content (AvgIpc) is 2.11. The zero-order chi connectivity index (χ0) is 13.5. The molecule has 4 nitrogen and oxygen atoms in total. The Bertz CT molecular complexity index is 172. The second-order valence-corrected chi connectivity index (χ2v) is 7.16. The first-order valence-corrected chi connectivity index (χ1v) is 8.32. The first-order valence-electron chi connectivity index (χ1n) is 6.59. The van der Waals surface area contributed by atoms with Crippen LogP contribution in [-0.4, -0.2) is 33.8 Å². The van der Waals surface area contributed by atoms with Gasteiger partial charge in [-0.2, -0.15) is 0 Å². The molecule has 17 heavy (non-hydrogen) atoms. The van der Waals surface area contributed by atoms with Crippen LogP contribution >= 0.6 is 0 Å². The van der Waals surface area contributed by atoms with E-state index in [-0.39, 0.29) is 18.3 Å². The van der Waals surface area contributed by atoms with Gasteiger partial charge in [-0.1, -0.05) is 6.92 Å². The molecule has 0 saturated carbocycles. The molecule has 0 bridgehead atoms. The van der Waals surface area contributed by atoms with Gasteiger partial charge in [-0.3, -0.25) is 4.98 Å². The number of hydrogen-bond donors (Lipinski definition) is 1. The summed E-state index contributed by atoms with van der Waals surface area (Å²) in [7, 11) is -2.76. The van der Waals surface area contributed by atoms with Crippen molar-refractivity contribution in [1.82, 2.24) is 4.98 Å². The van der Waals surface area contributed by atoms with Gasteiger partial charge in [0, 0.05) is 18.3 Å². The Morgan fingerprint density at radius 1 is 0.824 bits per heavy atom. The number of hydrogen-bond acceptors (Lipinski definition) is 4. The Balaban J connectivity index is 4.76. The number of nitrogens with one attached hydrogen (secondary N) is 1. The molecule has 104 valence electrons. The minimum Gasteiger partial charge on any atom is -0.359 e. The fraction of sp³-hybridized carbons (Fsp3) is 1.00. The van der Waals surface area contributed by atoms with E-state index in [0.717, 1.165) is 13.0 Å². The van der Waals surface area contributed by atoms with Crippen molar-refractivity contribution in [2.45, 2.75) is 73.2 Å². The van der Waals surface area contributed by atoms with Gasteiger partial charge >= 0.3 is 8.97 Å². The van der Waals surface area contributed by atoms with Gasteiger partial charge in [0.05, 0.1) is 0 Å². The van der Waals surface area contributed by atoms with Crippen molar-refractivity contribution >= 4 is 8.97 Å². The quantitative estimate of drug-likeness (QED) is 0.649. The second kappa shape index (κ2) is 8.21. The molecule has 0 unspecified atom stereocenters. The minimum atomic E-state index is -2.76. The van der Waals surface area contributed by atoms with E-state index in [2.05, 4.69) is 11.9 Å². The molecule has 5 heteroatoms. The van der Waals surface area contributed by atoms with Crippen molar-refractivity contribution in [1.29, 1.82) is 0 Å². The van der Waals surface area contributed by atoms with Crippen LogP contribution in [0.5, 0.6) is 0 Å². The van der Waals surface area contributed by atoms with Crippen molar-refractivity contribution in [2.24, 2.45) is 0 Å². The predicted molar refractivity (Wildman–Crippen MR) is 72.7 cm³/mol. The van der Waals surface area contributed by atoms with Crippen LogP contribution in [0.1, 0.15) is 54.9 Å². The van der Waals surface area contributed by atoms with Gasteiger partial charge < -0.3 is 13.3 Å². The first-order chi connectivity index (χ1) is 7.81. The summed E-state index contributed by atoms with van der Waals surface area (Å²) in [6.07, 6.45) is 1.29. The van der Waals surface area contributed by atoms with Crippen LogP contribution in [0.3, 0.4) is 0 Å². The molecule has 0 saturated heterocycles. The van der Waals surface area contributed by atoms with E-state index in [9.17, 15) is 0 Å². The molecule has 0 atom stereocenters. The number of rotatable bonds is 9. The smallest absolute Gasteiger partial charge is 0.359 e. The maximum absolute atomic E-state index is 5.94. The van der Waals surface area contributed by atoms with Crippen molar-refractivity contribution in [3.05, 3.63) is 0 Å². The van der Waals surface area contributed by atoms with Crippen molar-refractivity contribution in [2.75, 3.05) is 6.54 Å². The van der Waals surface area contributed by atoms with E-state index < -0.39 is 8.97 Å². The Labute approximate surface area is 107 Å². The van der Waals surface area contributed by atoms with Crippen molar-refractivity contribution in [3.63, 3.8) is 0 Å². The molecule has 0 aliphatic carbocycles. The average molecular weight is 263 g/mol. The lowest BCUT2D eigenvalue weighted by molar-refractivity contribution is -0.00595. The molecule has 1 N–H and O–H groups in total. The van der Waals surface area contributed by atoms with Crippen LogP contribution in [0.4, 0.5) is 0 Å². The van der Waals surface area contributed by atoms with Crippen LogP contribution in [-0.2, 0) is 13.3 Å². The summed E-state index contributed by atoms with van der Waals surface area (Å²) in [5.74, 6) is 0. The van der Waals surface area contributed by atoms with Gasteiger partial charge in [0.2, 0.25) is 0 Å². The predicted octanol–water partition coefficient (Wildman–Crippen LogP) is 2.70. The van der Waals surface area contributed by atoms with Crippen LogP contribution in [0, 0.1) is 0 Å². The highest BCUT2D eigenvalue weighted by Gasteiger charge is 2.44. The van der Waals surface area contributed by atoms with E-state index in [0.29, 0.717) is 0 Å². The highest BCUT2D eigenvalue weighted by molar-refractivity contribution is 6.58. The second-order valence-electron chi connectivity index (χ2n) is 4.98. The van der Waals surface area contributed by atoms with Crippen LogP contribution in [0.25, 0.3) is 0 Å². The van der Waals surface area contributed by atoms with E-state index >= 15 is 0 Å². The molecule has 0 aliphatic heterocycles. The third kappa shape index (κ3) is 7.89. The maximum atomic E-state index is 5.94. The fourth-order valence-electron chi connectivity index (χ4n) is 1.42. The van der Waals surface area contributed by atoms with Gasteiger partial charge in [0.15, 0.2) is 0 Å². The summed E-state index contributed by atoms with van der Waals surface area (Å²) in [4.78, 5) is 3.35. The summed E-state index contributed by atoms with van der Waals surface area (Å²) < 4.78 is 17.8. The third-order valence-electron chi connectivity index (χ3n) is 1.76. The molecule has 0 aromatic rings. The van der Waals surface area contributed by atoms with Crippen molar-refractivity contribution < 1.29 is 13.3 Å².